The first kappa shape index (κ1) is 17.3. The third-order valence-electron chi connectivity index (χ3n) is 5.17. The molecule has 0 atom stereocenters. The van der Waals surface area contributed by atoms with E-state index in [9.17, 15) is 0 Å². The van der Waals surface area contributed by atoms with E-state index in [1.165, 1.54) is 51.4 Å². The van der Waals surface area contributed by atoms with Crippen LogP contribution in [-0.2, 0) is 0 Å². The molecule has 1 aliphatic carbocycles. The van der Waals surface area contributed by atoms with Gasteiger partial charge in [0, 0.05) is 0 Å². The zero-order valence-corrected chi connectivity index (χ0v) is 15.7. The van der Waals surface area contributed by atoms with Crippen molar-refractivity contribution in [1.82, 2.24) is 0 Å². The molecule has 0 N–H and O–H groups in total. The standard InChI is InChI=1S/C21H32Si/c1-4-5-14-21(18-17-19-12-8-6-9-13-19)22(2,3)20-15-10-7-11-16-20/h7,10-11,15-17,19H,4-6,8-9,12-14H2,1-3H3. The predicted octanol–water partition coefficient (Wildman–Crippen LogP) is 5.99. The third-order valence-corrected chi connectivity index (χ3v) is 8.85. The Labute approximate surface area is 138 Å². The van der Waals surface area contributed by atoms with Crippen LogP contribution in [0.15, 0.2) is 47.3 Å². The Morgan fingerprint density at radius 3 is 2.45 bits per heavy atom. The molecule has 2 rings (SSSR count). The van der Waals surface area contributed by atoms with Gasteiger partial charge in [0.2, 0.25) is 0 Å². The zero-order valence-electron chi connectivity index (χ0n) is 14.7. The van der Waals surface area contributed by atoms with Crippen LogP contribution in [0.5, 0.6) is 0 Å². The molecule has 0 radical (unpaired) electrons. The molecule has 1 aromatic carbocycles. The van der Waals surface area contributed by atoms with Crippen LogP contribution in [0.3, 0.4) is 0 Å². The van der Waals surface area contributed by atoms with Gasteiger partial charge in [-0.3, -0.25) is 0 Å². The molecule has 0 aromatic heterocycles. The van der Waals surface area contributed by atoms with E-state index in [1.54, 1.807) is 10.4 Å². The van der Waals surface area contributed by atoms with E-state index < -0.39 is 8.07 Å². The van der Waals surface area contributed by atoms with Crippen LogP contribution in [0.25, 0.3) is 0 Å². The maximum atomic E-state index is 3.82. The van der Waals surface area contributed by atoms with Crippen molar-refractivity contribution in [3.05, 3.63) is 47.3 Å². The van der Waals surface area contributed by atoms with Crippen molar-refractivity contribution in [3.63, 3.8) is 0 Å². The molecule has 0 unspecified atom stereocenters. The number of benzene rings is 1. The van der Waals surface area contributed by atoms with E-state index in [0.717, 1.165) is 5.92 Å². The molecule has 0 amide bonds. The van der Waals surface area contributed by atoms with Crippen molar-refractivity contribution in [1.29, 1.82) is 0 Å². The van der Waals surface area contributed by atoms with Gasteiger partial charge in [0.1, 0.15) is 8.07 Å². The number of unbranched alkanes of at least 4 members (excludes halogenated alkanes) is 1. The maximum Gasteiger partial charge on any atom is 0.116 e. The van der Waals surface area contributed by atoms with Gasteiger partial charge in [-0.05, 0) is 42.9 Å². The molecule has 0 nitrogen and oxygen atoms in total. The summed E-state index contributed by atoms with van der Waals surface area (Å²) in [6, 6.07) is 11.1. The van der Waals surface area contributed by atoms with Crippen molar-refractivity contribution in [2.75, 3.05) is 0 Å². The summed E-state index contributed by atoms with van der Waals surface area (Å²) in [6.07, 6.45) is 13.2. The first-order chi connectivity index (χ1) is 10.6. The van der Waals surface area contributed by atoms with E-state index in [2.05, 4.69) is 62.2 Å². The van der Waals surface area contributed by atoms with Gasteiger partial charge in [-0.25, -0.2) is 0 Å². The van der Waals surface area contributed by atoms with Gasteiger partial charge >= 0.3 is 0 Å². The highest BCUT2D eigenvalue weighted by molar-refractivity contribution is 6.95. The minimum atomic E-state index is -1.56. The SMILES string of the molecule is CCCCC(=C=CC1CCCCC1)[Si](C)(C)c1ccccc1. The molecule has 0 bridgehead atoms. The van der Waals surface area contributed by atoms with E-state index >= 15 is 0 Å². The van der Waals surface area contributed by atoms with Crippen LogP contribution in [0, 0.1) is 5.92 Å². The average Bonchev–Trinajstić information content (AvgIpc) is 2.56. The van der Waals surface area contributed by atoms with Crippen LogP contribution in [0.2, 0.25) is 13.1 Å². The molecule has 1 fully saturated rings. The molecular formula is C21H32Si. The van der Waals surface area contributed by atoms with Gasteiger partial charge in [-0.1, -0.05) is 81.2 Å². The maximum absolute atomic E-state index is 3.82. The average molecular weight is 313 g/mol. The second-order valence-corrected chi connectivity index (χ2v) is 11.7. The number of hydrogen-bond donors (Lipinski definition) is 0. The second-order valence-electron chi connectivity index (χ2n) is 7.28. The summed E-state index contributed by atoms with van der Waals surface area (Å²) in [7, 11) is -1.56. The molecule has 120 valence electrons. The van der Waals surface area contributed by atoms with Crippen molar-refractivity contribution in [3.8, 4) is 0 Å². The van der Waals surface area contributed by atoms with Gasteiger partial charge in [0.05, 0.1) is 0 Å². The lowest BCUT2D eigenvalue weighted by Crippen LogP contribution is -2.43. The van der Waals surface area contributed by atoms with E-state index in [1.807, 2.05) is 0 Å². The number of hydrogen-bond acceptors (Lipinski definition) is 0. The second kappa shape index (κ2) is 8.55. The summed E-state index contributed by atoms with van der Waals surface area (Å²) in [4.78, 5) is 0. The molecule has 0 spiro atoms. The van der Waals surface area contributed by atoms with Gasteiger partial charge in [0.25, 0.3) is 0 Å². The highest BCUT2D eigenvalue weighted by atomic mass is 28.3. The Bertz CT molecular complexity index is 500. The summed E-state index contributed by atoms with van der Waals surface area (Å²) < 4.78 is 0. The molecule has 0 heterocycles. The molecule has 0 aliphatic heterocycles. The lowest BCUT2D eigenvalue weighted by Gasteiger charge is -2.25. The van der Waals surface area contributed by atoms with E-state index in [-0.39, 0.29) is 0 Å². The Hall–Kier alpha value is -1.04. The fourth-order valence-corrected chi connectivity index (χ4v) is 6.09. The van der Waals surface area contributed by atoms with Crippen molar-refractivity contribution >= 4 is 13.3 Å². The molecule has 1 heteroatoms. The monoisotopic (exact) mass is 312 g/mol. The number of allylic oxidation sites excluding steroid dienone is 1. The lowest BCUT2D eigenvalue weighted by molar-refractivity contribution is 0.419. The van der Waals surface area contributed by atoms with Gasteiger partial charge in [-0.15, -0.1) is 5.73 Å². The molecule has 1 aromatic rings. The summed E-state index contributed by atoms with van der Waals surface area (Å²) in [6.45, 7) is 7.28. The van der Waals surface area contributed by atoms with Gasteiger partial charge < -0.3 is 0 Å². The fraction of sp³-hybridized carbons (Fsp3) is 0.571. The summed E-state index contributed by atoms with van der Waals surface area (Å²) in [5, 5.41) is 3.16. The van der Waals surface area contributed by atoms with Crippen LogP contribution < -0.4 is 5.19 Å². The predicted molar refractivity (Wildman–Crippen MR) is 101 cm³/mol. The quantitative estimate of drug-likeness (QED) is 0.447. The molecule has 0 saturated heterocycles. The topological polar surface area (TPSA) is 0 Å². The normalized spacial score (nSPS) is 16.1. The highest BCUT2D eigenvalue weighted by Gasteiger charge is 2.27. The Morgan fingerprint density at radius 2 is 1.82 bits per heavy atom. The minimum Gasteiger partial charge on any atom is -0.130 e. The van der Waals surface area contributed by atoms with Crippen LogP contribution in [0.4, 0.5) is 0 Å². The Morgan fingerprint density at radius 1 is 1.14 bits per heavy atom. The van der Waals surface area contributed by atoms with E-state index in [4.69, 9.17) is 0 Å². The molecular weight excluding hydrogens is 280 g/mol. The Kier molecular flexibility index (Phi) is 6.73. The molecule has 1 saturated carbocycles. The Balaban J connectivity index is 2.26. The highest BCUT2D eigenvalue weighted by Crippen LogP contribution is 2.26. The van der Waals surface area contributed by atoms with Crippen molar-refractivity contribution < 1.29 is 0 Å². The van der Waals surface area contributed by atoms with Crippen molar-refractivity contribution in [2.45, 2.75) is 71.4 Å². The third kappa shape index (κ3) is 4.73. The first-order valence-corrected chi connectivity index (χ1v) is 12.2. The largest absolute Gasteiger partial charge is 0.130 e. The summed E-state index contributed by atoms with van der Waals surface area (Å²) >= 11 is 0. The zero-order chi connectivity index (χ0) is 15.8. The van der Waals surface area contributed by atoms with Gasteiger partial charge in [-0.2, -0.15) is 0 Å². The molecule has 1 aliphatic rings. The number of rotatable bonds is 6. The minimum absolute atomic E-state index is 0.783. The van der Waals surface area contributed by atoms with Crippen molar-refractivity contribution in [2.24, 2.45) is 5.92 Å². The lowest BCUT2D eigenvalue weighted by atomic mass is 9.89. The fourth-order valence-electron chi connectivity index (χ4n) is 3.47. The summed E-state index contributed by atoms with van der Waals surface area (Å²) in [5.74, 6) is 0.783. The van der Waals surface area contributed by atoms with Crippen LogP contribution in [0.1, 0.15) is 58.3 Å². The first-order valence-electron chi connectivity index (χ1n) is 9.16. The van der Waals surface area contributed by atoms with Crippen LogP contribution >= 0.6 is 0 Å². The van der Waals surface area contributed by atoms with E-state index in [0.29, 0.717) is 0 Å². The summed E-state index contributed by atoms with van der Waals surface area (Å²) in [5.41, 5.74) is 3.82. The van der Waals surface area contributed by atoms with Crippen LogP contribution in [-0.4, -0.2) is 8.07 Å². The molecule has 22 heavy (non-hydrogen) atoms. The van der Waals surface area contributed by atoms with Gasteiger partial charge in [0.15, 0.2) is 0 Å². The smallest absolute Gasteiger partial charge is 0.116 e.